The second-order valence-corrected chi connectivity index (χ2v) is 8.85. The van der Waals surface area contributed by atoms with E-state index in [2.05, 4.69) is 14.6 Å². The number of likely N-dealkylation sites (tertiary alicyclic amines) is 1. The van der Waals surface area contributed by atoms with Gasteiger partial charge in [-0.3, -0.25) is 4.90 Å². The van der Waals surface area contributed by atoms with Crippen molar-refractivity contribution in [1.82, 2.24) is 14.6 Å². The summed E-state index contributed by atoms with van der Waals surface area (Å²) in [7, 11) is -3.53. The Kier molecular flexibility index (Phi) is 5.19. The summed E-state index contributed by atoms with van der Waals surface area (Å²) in [6, 6.07) is 13.8. The van der Waals surface area contributed by atoms with E-state index in [9.17, 15) is 8.42 Å². The van der Waals surface area contributed by atoms with Gasteiger partial charge in [-0.2, -0.15) is 0 Å². The van der Waals surface area contributed by atoms with Crippen molar-refractivity contribution < 1.29 is 12.8 Å². The Hall–Kier alpha value is -1.93. The maximum Gasteiger partial charge on any atom is 0.240 e. The van der Waals surface area contributed by atoms with Gasteiger partial charge in [0.05, 0.1) is 11.4 Å². The average Bonchev–Trinajstić information content (AvgIpc) is 3.06. The van der Waals surface area contributed by atoms with E-state index in [1.54, 1.807) is 12.1 Å². The molecule has 6 nitrogen and oxygen atoms in total. The normalized spacial score (nSPS) is 16.8. The van der Waals surface area contributed by atoms with Crippen molar-refractivity contribution >= 4 is 32.7 Å². The van der Waals surface area contributed by atoms with Crippen molar-refractivity contribution in [1.29, 1.82) is 0 Å². The van der Waals surface area contributed by atoms with Gasteiger partial charge in [0, 0.05) is 24.2 Å². The van der Waals surface area contributed by atoms with E-state index >= 15 is 0 Å². The van der Waals surface area contributed by atoms with Gasteiger partial charge in [0.25, 0.3) is 0 Å². The minimum absolute atomic E-state index is 0.0782. The molecule has 1 aliphatic rings. The lowest BCUT2D eigenvalue weighted by atomic mass is 10.1. The Morgan fingerprint density at radius 2 is 1.81 bits per heavy atom. The number of sulfonamides is 1. The van der Waals surface area contributed by atoms with Crippen LogP contribution in [0.1, 0.15) is 18.7 Å². The van der Waals surface area contributed by atoms with Crippen LogP contribution in [0.25, 0.3) is 11.1 Å². The number of nitrogens with one attached hydrogen (secondary N) is 1. The summed E-state index contributed by atoms with van der Waals surface area (Å²) < 4.78 is 33.6. The molecule has 2 heterocycles. The monoisotopic (exact) mass is 405 g/mol. The first-order valence-electron chi connectivity index (χ1n) is 8.84. The van der Waals surface area contributed by atoms with Gasteiger partial charge in [0.1, 0.15) is 5.52 Å². The molecule has 0 atom stereocenters. The SMILES string of the molecule is O=S(=O)(NC1CCN(Cc2nc3ccccc3o2)CC1)c1ccc(Cl)cc1. The number of oxazole rings is 1. The molecule has 4 rings (SSSR count). The van der Waals surface area contributed by atoms with E-state index in [1.807, 2.05) is 24.3 Å². The molecule has 0 unspecified atom stereocenters. The van der Waals surface area contributed by atoms with Gasteiger partial charge in [-0.15, -0.1) is 0 Å². The largest absolute Gasteiger partial charge is 0.439 e. The van der Waals surface area contributed by atoms with Gasteiger partial charge < -0.3 is 4.42 Å². The summed E-state index contributed by atoms with van der Waals surface area (Å²) in [5.41, 5.74) is 1.65. The summed E-state index contributed by atoms with van der Waals surface area (Å²) in [5.74, 6) is 0.691. The van der Waals surface area contributed by atoms with Gasteiger partial charge >= 0.3 is 0 Å². The quantitative estimate of drug-likeness (QED) is 0.703. The number of hydrogen-bond donors (Lipinski definition) is 1. The molecule has 1 N–H and O–H groups in total. The molecular weight excluding hydrogens is 386 g/mol. The molecule has 0 spiro atoms. The molecule has 1 aromatic heterocycles. The van der Waals surface area contributed by atoms with E-state index in [-0.39, 0.29) is 10.9 Å². The molecule has 1 aliphatic heterocycles. The van der Waals surface area contributed by atoms with Crippen molar-refractivity contribution in [2.24, 2.45) is 0 Å². The molecule has 1 saturated heterocycles. The predicted molar refractivity (Wildman–Crippen MR) is 104 cm³/mol. The zero-order valence-corrected chi connectivity index (χ0v) is 16.2. The second-order valence-electron chi connectivity index (χ2n) is 6.70. The fourth-order valence-corrected chi connectivity index (χ4v) is 4.72. The van der Waals surface area contributed by atoms with E-state index in [1.165, 1.54) is 12.1 Å². The third-order valence-electron chi connectivity index (χ3n) is 4.73. The fourth-order valence-electron chi connectivity index (χ4n) is 3.29. The van der Waals surface area contributed by atoms with Crippen LogP contribution in [0.3, 0.4) is 0 Å². The lowest BCUT2D eigenvalue weighted by Crippen LogP contribution is -2.44. The molecule has 142 valence electrons. The molecule has 0 amide bonds. The molecule has 0 aliphatic carbocycles. The van der Waals surface area contributed by atoms with Crippen LogP contribution in [0.4, 0.5) is 0 Å². The lowest BCUT2D eigenvalue weighted by Gasteiger charge is -2.31. The summed E-state index contributed by atoms with van der Waals surface area (Å²) in [6.07, 6.45) is 1.49. The molecule has 0 bridgehead atoms. The fraction of sp³-hybridized carbons (Fsp3) is 0.316. The molecule has 0 radical (unpaired) electrons. The second kappa shape index (κ2) is 7.59. The first-order chi connectivity index (χ1) is 13.0. The highest BCUT2D eigenvalue weighted by molar-refractivity contribution is 7.89. The molecule has 1 fully saturated rings. The number of piperidine rings is 1. The number of benzene rings is 2. The smallest absolute Gasteiger partial charge is 0.240 e. The van der Waals surface area contributed by atoms with Crippen LogP contribution in [0.5, 0.6) is 0 Å². The van der Waals surface area contributed by atoms with E-state index in [4.69, 9.17) is 16.0 Å². The van der Waals surface area contributed by atoms with Crippen molar-refractivity contribution in [3.8, 4) is 0 Å². The van der Waals surface area contributed by atoms with E-state index in [0.29, 0.717) is 17.5 Å². The summed E-state index contributed by atoms with van der Waals surface area (Å²) in [4.78, 5) is 6.97. The van der Waals surface area contributed by atoms with Gasteiger partial charge in [-0.1, -0.05) is 23.7 Å². The van der Waals surface area contributed by atoms with Crippen molar-refractivity contribution in [3.63, 3.8) is 0 Å². The highest BCUT2D eigenvalue weighted by Crippen LogP contribution is 2.20. The summed E-state index contributed by atoms with van der Waals surface area (Å²) >= 11 is 5.83. The maximum atomic E-state index is 12.5. The number of nitrogens with zero attached hydrogens (tertiary/aromatic N) is 2. The first-order valence-corrected chi connectivity index (χ1v) is 10.7. The van der Waals surface area contributed by atoms with Gasteiger partial charge in [0.15, 0.2) is 5.58 Å². The molecule has 27 heavy (non-hydrogen) atoms. The Bertz CT molecular complexity index is 993. The highest BCUT2D eigenvalue weighted by Gasteiger charge is 2.25. The Balaban J connectivity index is 1.34. The highest BCUT2D eigenvalue weighted by atomic mass is 35.5. The molecular formula is C19H20ClN3O3S. The number of hydrogen-bond acceptors (Lipinski definition) is 5. The van der Waals surface area contributed by atoms with Crippen LogP contribution in [-0.4, -0.2) is 37.4 Å². The third kappa shape index (κ3) is 4.32. The standard InChI is InChI=1S/C19H20ClN3O3S/c20-14-5-7-16(8-6-14)27(24,25)22-15-9-11-23(12-10-15)13-19-21-17-3-1-2-4-18(17)26-19/h1-8,15,22H,9-13H2. The number of aromatic nitrogens is 1. The zero-order valence-electron chi connectivity index (χ0n) is 14.6. The van der Waals surface area contributed by atoms with E-state index in [0.717, 1.165) is 37.0 Å². The lowest BCUT2D eigenvalue weighted by molar-refractivity contribution is 0.185. The Morgan fingerprint density at radius 1 is 1.11 bits per heavy atom. The minimum Gasteiger partial charge on any atom is -0.439 e. The van der Waals surface area contributed by atoms with Crippen LogP contribution in [0.15, 0.2) is 57.8 Å². The number of para-hydroxylation sites is 2. The summed E-state index contributed by atoms with van der Waals surface area (Å²) in [5, 5.41) is 0.515. The van der Waals surface area contributed by atoms with E-state index < -0.39 is 10.0 Å². The van der Waals surface area contributed by atoms with Gasteiger partial charge in [-0.05, 0) is 49.2 Å². The van der Waals surface area contributed by atoms with Crippen LogP contribution in [-0.2, 0) is 16.6 Å². The predicted octanol–water partition coefficient (Wildman–Crippen LogP) is 3.42. The molecule has 8 heteroatoms. The van der Waals surface area contributed by atoms with Crippen LogP contribution < -0.4 is 4.72 Å². The van der Waals surface area contributed by atoms with Gasteiger partial charge in [0.2, 0.25) is 15.9 Å². The number of fused-ring (bicyclic) bond motifs is 1. The third-order valence-corrected chi connectivity index (χ3v) is 6.52. The number of rotatable bonds is 5. The van der Waals surface area contributed by atoms with Crippen molar-refractivity contribution in [2.45, 2.75) is 30.3 Å². The van der Waals surface area contributed by atoms with Crippen LogP contribution in [0.2, 0.25) is 5.02 Å². The van der Waals surface area contributed by atoms with Crippen LogP contribution >= 0.6 is 11.6 Å². The first kappa shape index (κ1) is 18.4. The number of halogens is 1. The average molecular weight is 406 g/mol. The Morgan fingerprint density at radius 3 is 2.52 bits per heavy atom. The molecule has 2 aromatic carbocycles. The van der Waals surface area contributed by atoms with Crippen molar-refractivity contribution in [2.75, 3.05) is 13.1 Å². The minimum atomic E-state index is -3.53. The topological polar surface area (TPSA) is 75.4 Å². The Labute approximate surface area is 163 Å². The zero-order chi connectivity index (χ0) is 18.9. The van der Waals surface area contributed by atoms with Gasteiger partial charge in [-0.25, -0.2) is 18.1 Å². The molecule has 0 saturated carbocycles. The van der Waals surface area contributed by atoms with Crippen LogP contribution in [0, 0.1) is 0 Å². The summed E-state index contributed by atoms with van der Waals surface area (Å²) in [6.45, 7) is 2.20. The maximum absolute atomic E-state index is 12.5. The molecule has 3 aromatic rings. The van der Waals surface area contributed by atoms with Crippen molar-refractivity contribution in [3.05, 3.63) is 59.4 Å².